The third kappa shape index (κ3) is 3.53. The number of benzene rings is 1. The molecular formula is C14H20Cl2N2. The van der Waals surface area contributed by atoms with Gasteiger partial charge in [-0.3, -0.25) is 0 Å². The van der Waals surface area contributed by atoms with Crippen molar-refractivity contribution in [2.75, 3.05) is 18.4 Å². The fourth-order valence-corrected chi connectivity index (χ4v) is 2.68. The second kappa shape index (κ2) is 6.14. The van der Waals surface area contributed by atoms with Crippen LogP contribution in [0.5, 0.6) is 0 Å². The molecule has 1 aromatic carbocycles. The summed E-state index contributed by atoms with van der Waals surface area (Å²) < 4.78 is 0. The monoisotopic (exact) mass is 286 g/mol. The molecule has 0 atom stereocenters. The molecule has 1 fully saturated rings. The molecule has 0 aliphatic carbocycles. The van der Waals surface area contributed by atoms with Crippen LogP contribution in [0.15, 0.2) is 18.2 Å². The fourth-order valence-electron chi connectivity index (χ4n) is 2.38. The third-order valence-electron chi connectivity index (χ3n) is 3.55. The Balaban J connectivity index is 1.89. The standard InChI is InChI=1S/C14H20Cl2N2/c1-10(2)18-7-5-11(6-8-18)17-12-3-4-13(15)14(16)9-12/h3-4,9-11,17H,5-8H2,1-2H3. The number of hydrogen-bond acceptors (Lipinski definition) is 2. The zero-order valence-corrected chi connectivity index (χ0v) is 12.4. The number of rotatable bonds is 3. The predicted octanol–water partition coefficient (Wildman–Crippen LogP) is 4.28. The summed E-state index contributed by atoms with van der Waals surface area (Å²) in [5.74, 6) is 0. The number of nitrogens with one attached hydrogen (secondary N) is 1. The van der Waals surface area contributed by atoms with Crippen LogP contribution in [0.1, 0.15) is 26.7 Å². The molecule has 1 heterocycles. The van der Waals surface area contributed by atoms with Crippen LogP contribution in [0, 0.1) is 0 Å². The second-order valence-electron chi connectivity index (χ2n) is 5.18. The Morgan fingerprint density at radius 3 is 2.39 bits per heavy atom. The molecule has 1 saturated heterocycles. The largest absolute Gasteiger partial charge is 0.382 e. The topological polar surface area (TPSA) is 15.3 Å². The summed E-state index contributed by atoms with van der Waals surface area (Å²) in [5.41, 5.74) is 1.06. The molecule has 0 bridgehead atoms. The first-order chi connectivity index (χ1) is 8.56. The van der Waals surface area contributed by atoms with E-state index in [9.17, 15) is 0 Å². The van der Waals surface area contributed by atoms with Crippen molar-refractivity contribution in [3.63, 3.8) is 0 Å². The predicted molar refractivity (Wildman–Crippen MR) is 79.8 cm³/mol. The van der Waals surface area contributed by atoms with Crippen LogP contribution in [-0.4, -0.2) is 30.1 Å². The highest BCUT2D eigenvalue weighted by atomic mass is 35.5. The van der Waals surface area contributed by atoms with E-state index in [4.69, 9.17) is 23.2 Å². The Kier molecular flexibility index (Phi) is 4.77. The van der Waals surface area contributed by atoms with Crippen molar-refractivity contribution in [1.82, 2.24) is 4.90 Å². The van der Waals surface area contributed by atoms with Crippen LogP contribution in [0.2, 0.25) is 10.0 Å². The Bertz CT molecular complexity index is 399. The van der Waals surface area contributed by atoms with Gasteiger partial charge in [-0.2, -0.15) is 0 Å². The van der Waals surface area contributed by atoms with Gasteiger partial charge in [-0.05, 0) is 44.9 Å². The van der Waals surface area contributed by atoms with E-state index in [2.05, 4.69) is 24.1 Å². The van der Waals surface area contributed by atoms with E-state index in [0.717, 1.165) is 18.8 Å². The first-order valence-corrected chi connectivity index (χ1v) is 7.27. The summed E-state index contributed by atoms with van der Waals surface area (Å²) in [7, 11) is 0. The minimum absolute atomic E-state index is 0.539. The zero-order chi connectivity index (χ0) is 13.1. The Hall–Kier alpha value is -0.440. The van der Waals surface area contributed by atoms with Crippen LogP contribution in [0.4, 0.5) is 5.69 Å². The van der Waals surface area contributed by atoms with Crippen molar-refractivity contribution in [3.8, 4) is 0 Å². The molecule has 0 aromatic heterocycles. The van der Waals surface area contributed by atoms with Crippen LogP contribution in [-0.2, 0) is 0 Å². The van der Waals surface area contributed by atoms with Crippen molar-refractivity contribution in [2.24, 2.45) is 0 Å². The lowest BCUT2D eigenvalue weighted by Gasteiger charge is -2.35. The molecule has 0 amide bonds. The number of nitrogens with zero attached hydrogens (tertiary/aromatic N) is 1. The summed E-state index contributed by atoms with van der Waals surface area (Å²) in [6.45, 7) is 6.84. The van der Waals surface area contributed by atoms with E-state index >= 15 is 0 Å². The van der Waals surface area contributed by atoms with E-state index in [1.165, 1.54) is 12.8 Å². The molecule has 1 aliphatic heterocycles. The van der Waals surface area contributed by atoms with Crippen LogP contribution < -0.4 is 5.32 Å². The Labute approximate surface area is 119 Å². The molecular weight excluding hydrogens is 267 g/mol. The molecule has 0 spiro atoms. The van der Waals surface area contributed by atoms with Crippen molar-refractivity contribution in [3.05, 3.63) is 28.2 Å². The van der Waals surface area contributed by atoms with E-state index < -0.39 is 0 Å². The molecule has 0 unspecified atom stereocenters. The molecule has 1 N–H and O–H groups in total. The number of halogens is 2. The highest BCUT2D eigenvalue weighted by Crippen LogP contribution is 2.26. The maximum absolute atomic E-state index is 6.02. The Morgan fingerprint density at radius 2 is 1.83 bits per heavy atom. The smallest absolute Gasteiger partial charge is 0.0612 e. The SMILES string of the molecule is CC(C)N1CCC(Nc2ccc(Cl)c(Cl)c2)CC1. The van der Waals surface area contributed by atoms with E-state index in [1.54, 1.807) is 0 Å². The molecule has 1 aromatic rings. The van der Waals surface area contributed by atoms with Crippen molar-refractivity contribution >= 4 is 28.9 Å². The van der Waals surface area contributed by atoms with Gasteiger partial charge < -0.3 is 10.2 Å². The minimum Gasteiger partial charge on any atom is -0.382 e. The number of likely N-dealkylation sites (tertiary alicyclic amines) is 1. The van der Waals surface area contributed by atoms with Gasteiger partial charge in [0, 0.05) is 30.9 Å². The number of anilines is 1. The molecule has 2 nitrogen and oxygen atoms in total. The number of piperidine rings is 1. The molecule has 0 saturated carbocycles. The van der Waals surface area contributed by atoms with E-state index in [1.807, 2.05) is 18.2 Å². The molecule has 100 valence electrons. The van der Waals surface area contributed by atoms with Gasteiger partial charge in [0.15, 0.2) is 0 Å². The third-order valence-corrected chi connectivity index (χ3v) is 4.29. The van der Waals surface area contributed by atoms with Crippen molar-refractivity contribution in [1.29, 1.82) is 0 Å². The molecule has 0 radical (unpaired) electrons. The van der Waals surface area contributed by atoms with Gasteiger partial charge in [0.05, 0.1) is 10.0 Å². The maximum atomic E-state index is 6.02. The summed E-state index contributed by atoms with van der Waals surface area (Å²) in [5, 5.41) is 4.76. The first-order valence-electron chi connectivity index (χ1n) is 6.52. The van der Waals surface area contributed by atoms with E-state index in [0.29, 0.717) is 22.1 Å². The Morgan fingerprint density at radius 1 is 1.17 bits per heavy atom. The minimum atomic E-state index is 0.539. The van der Waals surface area contributed by atoms with Gasteiger partial charge in [-0.25, -0.2) is 0 Å². The average molecular weight is 287 g/mol. The van der Waals surface area contributed by atoms with Crippen molar-refractivity contribution in [2.45, 2.75) is 38.8 Å². The zero-order valence-electron chi connectivity index (χ0n) is 10.9. The van der Waals surface area contributed by atoms with Gasteiger partial charge in [-0.15, -0.1) is 0 Å². The normalized spacial score (nSPS) is 18.3. The summed E-state index contributed by atoms with van der Waals surface area (Å²) in [6, 6.07) is 6.92. The summed E-state index contributed by atoms with van der Waals surface area (Å²) in [4.78, 5) is 2.52. The highest BCUT2D eigenvalue weighted by molar-refractivity contribution is 6.42. The average Bonchev–Trinajstić information content (AvgIpc) is 2.34. The lowest BCUT2D eigenvalue weighted by atomic mass is 10.0. The number of hydrogen-bond donors (Lipinski definition) is 1. The van der Waals surface area contributed by atoms with E-state index in [-0.39, 0.29) is 0 Å². The quantitative estimate of drug-likeness (QED) is 0.892. The summed E-state index contributed by atoms with van der Waals surface area (Å²) in [6.07, 6.45) is 2.36. The maximum Gasteiger partial charge on any atom is 0.0612 e. The van der Waals surface area contributed by atoms with Gasteiger partial charge in [0.1, 0.15) is 0 Å². The molecule has 4 heteroatoms. The fraction of sp³-hybridized carbons (Fsp3) is 0.571. The van der Waals surface area contributed by atoms with Crippen LogP contribution in [0.25, 0.3) is 0 Å². The molecule has 1 aliphatic rings. The van der Waals surface area contributed by atoms with Crippen LogP contribution in [0.3, 0.4) is 0 Å². The van der Waals surface area contributed by atoms with Gasteiger partial charge in [0.2, 0.25) is 0 Å². The van der Waals surface area contributed by atoms with Gasteiger partial charge >= 0.3 is 0 Å². The van der Waals surface area contributed by atoms with Crippen LogP contribution >= 0.6 is 23.2 Å². The second-order valence-corrected chi connectivity index (χ2v) is 5.99. The summed E-state index contributed by atoms with van der Waals surface area (Å²) >= 11 is 11.9. The highest BCUT2D eigenvalue weighted by Gasteiger charge is 2.20. The lowest BCUT2D eigenvalue weighted by molar-refractivity contribution is 0.177. The van der Waals surface area contributed by atoms with Gasteiger partial charge in [-0.1, -0.05) is 23.2 Å². The first kappa shape index (κ1) is 14.0. The lowest BCUT2D eigenvalue weighted by Crippen LogP contribution is -2.42. The molecule has 2 rings (SSSR count). The van der Waals surface area contributed by atoms with Gasteiger partial charge in [0.25, 0.3) is 0 Å². The van der Waals surface area contributed by atoms with Crippen molar-refractivity contribution < 1.29 is 0 Å². The molecule has 18 heavy (non-hydrogen) atoms.